The van der Waals surface area contributed by atoms with Gasteiger partial charge in [0.1, 0.15) is 0 Å². The molecule has 0 radical (unpaired) electrons. The average Bonchev–Trinajstić information content (AvgIpc) is 3.22. The number of hydrogen-bond acceptors (Lipinski definition) is 2. The number of nitrogens with zero attached hydrogens (tertiary/aromatic N) is 1. The van der Waals surface area contributed by atoms with E-state index in [4.69, 9.17) is 0 Å². The second-order valence-corrected chi connectivity index (χ2v) is 4.78. The highest BCUT2D eigenvalue weighted by Crippen LogP contribution is 2.26. The Morgan fingerprint density at radius 1 is 1.33 bits per heavy atom. The van der Waals surface area contributed by atoms with Gasteiger partial charge in [-0.05, 0) is 37.8 Å². The molecule has 1 aliphatic carbocycles. The summed E-state index contributed by atoms with van der Waals surface area (Å²) in [6, 6.07) is 8.69. The topological polar surface area (TPSA) is 32.3 Å². The zero-order valence-electron chi connectivity index (χ0n) is 11.3. The number of carbonyl (C=O) groups excluding carboxylic acids is 1. The molecular formula is C15H22N2O. The first kappa shape index (κ1) is 12.9. The lowest BCUT2D eigenvalue weighted by Crippen LogP contribution is -2.37. The van der Waals surface area contributed by atoms with E-state index in [0.717, 1.165) is 18.7 Å². The summed E-state index contributed by atoms with van der Waals surface area (Å²) < 4.78 is 0. The minimum Gasteiger partial charge on any atom is -0.376 e. The van der Waals surface area contributed by atoms with Crippen LogP contribution >= 0.6 is 0 Å². The third-order valence-corrected chi connectivity index (χ3v) is 3.48. The van der Waals surface area contributed by atoms with Gasteiger partial charge in [0.2, 0.25) is 5.91 Å². The van der Waals surface area contributed by atoms with Gasteiger partial charge >= 0.3 is 0 Å². The number of para-hydroxylation sites is 1. The van der Waals surface area contributed by atoms with Crippen molar-refractivity contribution in [1.29, 1.82) is 0 Å². The minimum atomic E-state index is 0.214. The molecule has 1 amide bonds. The van der Waals surface area contributed by atoms with Crippen LogP contribution in [0.5, 0.6) is 0 Å². The molecule has 1 N–H and O–H groups in total. The first-order valence-electron chi connectivity index (χ1n) is 6.87. The highest BCUT2D eigenvalue weighted by atomic mass is 16.2. The summed E-state index contributed by atoms with van der Waals surface area (Å²) in [6.07, 6.45) is 3.33. The highest BCUT2D eigenvalue weighted by Gasteiger charge is 2.30. The molecule has 1 fully saturated rings. The summed E-state index contributed by atoms with van der Waals surface area (Å²) in [7, 11) is 0. The normalized spacial score (nSPS) is 14.3. The lowest BCUT2D eigenvalue weighted by molar-refractivity contribution is -0.129. The van der Waals surface area contributed by atoms with E-state index in [2.05, 4.69) is 25.2 Å². The summed E-state index contributed by atoms with van der Waals surface area (Å²) in [5, 5.41) is 3.27. The van der Waals surface area contributed by atoms with Crippen LogP contribution in [0.25, 0.3) is 0 Å². The van der Waals surface area contributed by atoms with Crippen LogP contribution in [0, 0.1) is 0 Å². The number of amides is 1. The van der Waals surface area contributed by atoms with E-state index in [-0.39, 0.29) is 5.91 Å². The van der Waals surface area contributed by atoms with Crippen molar-refractivity contribution < 1.29 is 4.79 Å². The van der Waals surface area contributed by atoms with E-state index >= 15 is 0 Å². The maximum atomic E-state index is 12.1. The van der Waals surface area contributed by atoms with Crippen molar-refractivity contribution in [2.75, 3.05) is 18.4 Å². The Hall–Kier alpha value is -1.51. The monoisotopic (exact) mass is 246 g/mol. The van der Waals surface area contributed by atoms with Crippen LogP contribution in [-0.4, -0.2) is 29.9 Å². The fraction of sp³-hybridized carbons (Fsp3) is 0.533. The quantitative estimate of drug-likeness (QED) is 0.837. The maximum Gasteiger partial charge on any atom is 0.242 e. The van der Waals surface area contributed by atoms with Crippen LogP contribution in [0.1, 0.15) is 32.3 Å². The highest BCUT2D eigenvalue weighted by molar-refractivity contribution is 5.81. The number of benzene rings is 1. The molecule has 0 aliphatic heterocycles. The predicted octanol–water partition coefficient (Wildman–Crippen LogP) is 2.67. The molecule has 3 heteroatoms. The van der Waals surface area contributed by atoms with E-state index in [1.807, 2.05) is 23.1 Å². The number of anilines is 1. The van der Waals surface area contributed by atoms with Crippen LogP contribution in [0.15, 0.2) is 24.3 Å². The Balaban J connectivity index is 1.92. The van der Waals surface area contributed by atoms with Crippen LogP contribution in [0.3, 0.4) is 0 Å². The molecule has 0 aromatic heterocycles. The molecule has 1 aromatic carbocycles. The third kappa shape index (κ3) is 3.03. The van der Waals surface area contributed by atoms with Crippen LogP contribution in [-0.2, 0) is 11.2 Å². The molecule has 0 saturated heterocycles. The van der Waals surface area contributed by atoms with Crippen molar-refractivity contribution in [2.45, 2.75) is 39.2 Å². The van der Waals surface area contributed by atoms with Crippen molar-refractivity contribution in [3.63, 3.8) is 0 Å². The number of likely N-dealkylation sites (N-methyl/N-ethyl adjacent to an activating group) is 1. The van der Waals surface area contributed by atoms with Gasteiger partial charge in [-0.3, -0.25) is 4.79 Å². The van der Waals surface area contributed by atoms with E-state index in [1.165, 1.54) is 18.4 Å². The van der Waals surface area contributed by atoms with Gasteiger partial charge in [-0.25, -0.2) is 0 Å². The largest absolute Gasteiger partial charge is 0.376 e. The number of nitrogens with one attached hydrogen (secondary N) is 1. The molecule has 0 bridgehead atoms. The van der Waals surface area contributed by atoms with Crippen molar-refractivity contribution in [2.24, 2.45) is 0 Å². The van der Waals surface area contributed by atoms with E-state index in [9.17, 15) is 4.79 Å². The number of rotatable bonds is 6. The number of hydrogen-bond donors (Lipinski definition) is 1. The second kappa shape index (κ2) is 5.89. The fourth-order valence-electron chi connectivity index (χ4n) is 2.30. The Morgan fingerprint density at radius 3 is 2.67 bits per heavy atom. The molecule has 18 heavy (non-hydrogen) atoms. The smallest absolute Gasteiger partial charge is 0.242 e. The van der Waals surface area contributed by atoms with Crippen LogP contribution < -0.4 is 5.32 Å². The van der Waals surface area contributed by atoms with Crippen molar-refractivity contribution >= 4 is 11.6 Å². The SMILES string of the molecule is CCc1ccccc1NCC(=O)N(CC)C1CC1. The first-order valence-corrected chi connectivity index (χ1v) is 6.87. The molecule has 2 rings (SSSR count). The Morgan fingerprint density at radius 2 is 2.06 bits per heavy atom. The standard InChI is InChI=1S/C15H22N2O/c1-3-12-7-5-6-8-14(12)16-11-15(18)17(4-2)13-9-10-13/h5-8,13,16H,3-4,9-11H2,1-2H3. The minimum absolute atomic E-state index is 0.214. The summed E-state index contributed by atoms with van der Waals surface area (Å²) in [6.45, 7) is 5.41. The molecule has 0 spiro atoms. The maximum absolute atomic E-state index is 12.1. The molecule has 1 aliphatic rings. The van der Waals surface area contributed by atoms with E-state index < -0.39 is 0 Å². The van der Waals surface area contributed by atoms with Gasteiger partial charge in [-0.2, -0.15) is 0 Å². The van der Waals surface area contributed by atoms with Gasteiger partial charge in [0.05, 0.1) is 6.54 Å². The third-order valence-electron chi connectivity index (χ3n) is 3.48. The zero-order valence-corrected chi connectivity index (χ0v) is 11.3. The van der Waals surface area contributed by atoms with Crippen LogP contribution in [0.4, 0.5) is 5.69 Å². The van der Waals surface area contributed by atoms with Gasteiger partial charge < -0.3 is 10.2 Å². The lowest BCUT2D eigenvalue weighted by atomic mass is 10.1. The van der Waals surface area contributed by atoms with Gasteiger partial charge in [-0.15, -0.1) is 0 Å². The molecule has 0 unspecified atom stereocenters. The summed E-state index contributed by atoms with van der Waals surface area (Å²) in [5.41, 5.74) is 2.35. The van der Waals surface area contributed by atoms with Crippen molar-refractivity contribution in [1.82, 2.24) is 4.90 Å². The predicted molar refractivity (Wildman–Crippen MR) is 74.7 cm³/mol. The first-order chi connectivity index (χ1) is 8.76. The molecule has 0 heterocycles. The average molecular weight is 246 g/mol. The summed E-state index contributed by atoms with van der Waals surface area (Å²) in [5.74, 6) is 0.214. The van der Waals surface area contributed by atoms with E-state index in [1.54, 1.807) is 0 Å². The van der Waals surface area contributed by atoms with Crippen LogP contribution in [0.2, 0.25) is 0 Å². The molecule has 3 nitrogen and oxygen atoms in total. The van der Waals surface area contributed by atoms with Crippen molar-refractivity contribution in [3.8, 4) is 0 Å². The Kier molecular flexibility index (Phi) is 4.24. The molecule has 1 saturated carbocycles. The Bertz CT molecular complexity index is 413. The number of carbonyl (C=O) groups is 1. The number of aryl methyl sites for hydroxylation is 1. The van der Waals surface area contributed by atoms with Crippen molar-refractivity contribution in [3.05, 3.63) is 29.8 Å². The lowest BCUT2D eigenvalue weighted by Gasteiger charge is -2.21. The van der Waals surface area contributed by atoms with Gasteiger partial charge in [0.25, 0.3) is 0 Å². The van der Waals surface area contributed by atoms with Gasteiger partial charge in [0.15, 0.2) is 0 Å². The second-order valence-electron chi connectivity index (χ2n) is 4.78. The summed E-state index contributed by atoms with van der Waals surface area (Å²) >= 11 is 0. The molecule has 0 atom stereocenters. The molecule has 1 aromatic rings. The molecular weight excluding hydrogens is 224 g/mol. The Labute approximate surface area is 109 Å². The molecule has 98 valence electrons. The summed E-state index contributed by atoms with van der Waals surface area (Å²) in [4.78, 5) is 14.1. The van der Waals surface area contributed by atoms with Gasteiger partial charge in [-0.1, -0.05) is 25.1 Å². The zero-order chi connectivity index (χ0) is 13.0. The fourth-order valence-corrected chi connectivity index (χ4v) is 2.30. The van der Waals surface area contributed by atoms with E-state index in [0.29, 0.717) is 12.6 Å². The van der Waals surface area contributed by atoms with Gasteiger partial charge in [0, 0.05) is 18.3 Å².